The quantitative estimate of drug-likeness (QED) is 0.919. The summed E-state index contributed by atoms with van der Waals surface area (Å²) in [6.45, 7) is 2.21. The summed E-state index contributed by atoms with van der Waals surface area (Å²) in [6, 6.07) is 16.8. The van der Waals surface area contributed by atoms with Gasteiger partial charge in [-0.1, -0.05) is 29.8 Å². The number of fused-ring (bicyclic) bond motifs is 1. The van der Waals surface area contributed by atoms with Gasteiger partial charge in [0.2, 0.25) is 0 Å². The van der Waals surface area contributed by atoms with Crippen LogP contribution in [0, 0.1) is 18.3 Å². The van der Waals surface area contributed by atoms with Gasteiger partial charge in [0.1, 0.15) is 11.8 Å². The van der Waals surface area contributed by atoms with E-state index in [4.69, 9.17) is 10.00 Å². The Labute approximate surface area is 125 Å². The second kappa shape index (κ2) is 5.88. The Balaban J connectivity index is 1.77. The molecule has 2 aromatic carbocycles. The minimum atomic E-state index is 0.0783. The molecule has 3 rings (SSSR count). The molecule has 3 nitrogen and oxygen atoms in total. The zero-order chi connectivity index (χ0) is 14.7. The average molecular weight is 278 g/mol. The number of nitriles is 1. The minimum absolute atomic E-state index is 0.0783. The van der Waals surface area contributed by atoms with Crippen molar-refractivity contribution in [3.8, 4) is 11.8 Å². The third-order valence-electron chi connectivity index (χ3n) is 3.86. The highest BCUT2D eigenvalue weighted by Gasteiger charge is 2.22. The molecule has 1 N–H and O–H groups in total. The molecule has 0 heterocycles. The number of hydrogen-bond acceptors (Lipinski definition) is 3. The van der Waals surface area contributed by atoms with Crippen molar-refractivity contribution in [2.75, 3.05) is 11.9 Å². The van der Waals surface area contributed by atoms with Crippen LogP contribution < -0.4 is 10.1 Å². The van der Waals surface area contributed by atoms with E-state index in [9.17, 15) is 0 Å². The van der Waals surface area contributed by atoms with Crippen molar-refractivity contribution in [3.63, 3.8) is 0 Å². The molecule has 0 spiro atoms. The topological polar surface area (TPSA) is 45.0 Å². The standard InChI is InChI=1S/C18H18N2O/c1-13-5-6-14-7-8-18(17(14)11-13)20-15-3-2-4-16(12-15)21-10-9-19/h2-6,11-12,18,20H,7-8,10H2,1H3. The van der Waals surface area contributed by atoms with E-state index in [0.717, 1.165) is 24.3 Å². The van der Waals surface area contributed by atoms with Crippen LogP contribution >= 0.6 is 0 Å². The van der Waals surface area contributed by atoms with Crippen LogP contribution in [0.1, 0.15) is 29.2 Å². The van der Waals surface area contributed by atoms with Gasteiger partial charge in [0, 0.05) is 11.8 Å². The van der Waals surface area contributed by atoms with Crippen LogP contribution in [0.2, 0.25) is 0 Å². The number of anilines is 1. The van der Waals surface area contributed by atoms with Crippen molar-refractivity contribution in [1.82, 2.24) is 0 Å². The molecule has 0 aromatic heterocycles. The molecule has 0 amide bonds. The molecule has 0 bridgehead atoms. The highest BCUT2D eigenvalue weighted by molar-refractivity contribution is 5.52. The molecule has 106 valence electrons. The molecular weight excluding hydrogens is 260 g/mol. The van der Waals surface area contributed by atoms with Gasteiger partial charge in [0.25, 0.3) is 0 Å². The minimum Gasteiger partial charge on any atom is -0.479 e. The number of rotatable bonds is 4. The molecule has 0 aliphatic heterocycles. The highest BCUT2D eigenvalue weighted by atomic mass is 16.5. The maximum atomic E-state index is 8.57. The first-order chi connectivity index (χ1) is 10.3. The zero-order valence-corrected chi connectivity index (χ0v) is 12.1. The van der Waals surface area contributed by atoms with Gasteiger partial charge in [0.05, 0.1) is 6.04 Å². The Kier molecular flexibility index (Phi) is 3.79. The van der Waals surface area contributed by atoms with Gasteiger partial charge in [-0.15, -0.1) is 0 Å². The van der Waals surface area contributed by atoms with Gasteiger partial charge in [-0.25, -0.2) is 0 Å². The lowest BCUT2D eigenvalue weighted by atomic mass is 10.0. The van der Waals surface area contributed by atoms with Crippen molar-refractivity contribution >= 4 is 5.69 Å². The van der Waals surface area contributed by atoms with Crippen LogP contribution in [0.15, 0.2) is 42.5 Å². The van der Waals surface area contributed by atoms with Crippen molar-refractivity contribution in [3.05, 3.63) is 59.2 Å². The first kappa shape index (κ1) is 13.5. The molecule has 0 fully saturated rings. The third kappa shape index (κ3) is 3.00. The highest BCUT2D eigenvalue weighted by Crippen LogP contribution is 2.34. The van der Waals surface area contributed by atoms with E-state index in [2.05, 4.69) is 30.4 Å². The Hall–Kier alpha value is -2.47. The maximum absolute atomic E-state index is 8.57. The van der Waals surface area contributed by atoms with Crippen LogP contribution in [0.4, 0.5) is 5.69 Å². The number of nitrogens with zero attached hydrogens (tertiary/aromatic N) is 1. The first-order valence-electron chi connectivity index (χ1n) is 7.22. The summed E-state index contributed by atoms with van der Waals surface area (Å²) in [4.78, 5) is 0. The average Bonchev–Trinajstić information content (AvgIpc) is 2.88. The molecule has 0 radical (unpaired) electrons. The summed E-state index contributed by atoms with van der Waals surface area (Å²) in [5.74, 6) is 0.726. The van der Waals surface area contributed by atoms with E-state index in [1.807, 2.05) is 30.3 Å². The molecule has 1 aliphatic rings. The van der Waals surface area contributed by atoms with Gasteiger partial charge in [-0.05, 0) is 43.0 Å². The molecule has 1 atom stereocenters. The fourth-order valence-electron chi connectivity index (χ4n) is 2.86. The maximum Gasteiger partial charge on any atom is 0.174 e. The molecule has 0 saturated carbocycles. The van der Waals surface area contributed by atoms with E-state index < -0.39 is 0 Å². The fourth-order valence-corrected chi connectivity index (χ4v) is 2.86. The summed E-state index contributed by atoms with van der Waals surface area (Å²) in [7, 11) is 0. The summed E-state index contributed by atoms with van der Waals surface area (Å²) < 4.78 is 5.35. The number of nitrogens with one attached hydrogen (secondary N) is 1. The first-order valence-corrected chi connectivity index (χ1v) is 7.22. The van der Waals surface area contributed by atoms with E-state index in [1.165, 1.54) is 16.7 Å². The number of ether oxygens (including phenoxy) is 1. The monoisotopic (exact) mass is 278 g/mol. The van der Waals surface area contributed by atoms with Crippen molar-refractivity contribution in [2.45, 2.75) is 25.8 Å². The van der Waals surface area contributed by atoms with Crippen LogP contribution in [-0.4, -0.2) is 6.61 Å². The third-order valence-corrected chi connectivity index (χ3v) is 3.86. The van der Waals surface area contributed by atoms with Gasteiger partial charge < -0.3 is 10.1 Å². The van der Waals surface area contributed by atoms with E-state index in [1.54, 1.807) is 0 Å². The van der Waals surface area contributed by atoms with Crippen LogP contribution in [0.25, 0.3) is 0 Å². The van der Waals surface area contributed by atoms with Crippen LogP contribution in [0.5, 0.6) is 5.75 Å². The predicted octanol–water partition coefficient (Wildman–Crippen LogP) is 4.00. The summed E-state index contributed by atoms with van der Waals surface area (Å²) >= 11 is 0. The van der Waals surface area contributed by atoms with Crippen molar-refractivity contribution < 1.29 is 4.74 Å². The second-order valence-electron chi connectivity index (χ2n) is 5.41. The smallest absolute Gasteiger partial charge is 0.174 e. The fraction of sp³-hybridized carbons (Fsp3) is 0.278. The zero-order valence-electron chi connectivity index (χ0n) is 12.1. The number of benzene rings is 2. The summed E-state index contributed by atoms with van der Waals surface area (Å²) in [5.41, 5.74) is 5.17. The lowest BCUT2D eigenvalue weighted by Gasteiger charge is -2.16. The largest absolute Gasteiger partial charge is 0.479 e. The van der Waals surface area contributed by atoms with Gasteiger partial charge in [-0.3, -0.25) is 0 Å². The lowest BCUT2D eigenvalue weighted by Crippen LogP contribution is -2.07. The lowest BCUT2D eigenvalue weighted by molar-refractivity contribution is 0.368. The Bertz CT molecular complexity index is 688. The molecule has 1 aliphatic carbocycles. The Morgan fingerprint density at radius 1 is 1.29 bits per heavy atom. The predicted molar refractivity (Wildman–Crippen MR) is 83.4 cm³/mol. The van der Waals surface area contributed by atoms with Gasteiger partial charge in [-0.2, -0.15) is 5.26 Å². The number of hydrogen-bond donors (Lipinski definition) is 1. The summed E-state index contributed by atoms with van der Waals surface area (Å²) in [6.07, 6.45) is 2.24. The van der Waals surface area contributed by atoms with E-state index in [0.29, 0.717) is 6.04 Å². The SMILES string of the molecule is Cc1ccc2c(c1)C(Nc1cccc(OCC#N)c1)CC2. The second-order valence-corrected chi connectivity index (χ2v) is 5.41. The van der Waals surface area contributed by atoms with Crippen molar-refractivity contribution in [2.24, 2.45) is 0 Å². The van der Waals surface area contributed by atoms with Crippen LogP contribution in [-0.2, 0) is 6.42 Å². The molecule has 2 aromatic rings. The van der Waals surface area contributed by atoms with Crippen molar-refractivity contribution in [1.29, 1.82) is 5.26 Å². The van der Waals surface area contributed by atoms with Gasteiger partial charge >= 0.3 is 0 Å². The molecule has 0 saturated heterocycles. The number of aryl methyl sites for hydroxylation is 2. The molecule has 1 unspecified atom stereocenters. The molecular formula is C18H18N2O. The Morgan fingerprint density at radius 2 is 2.19 bits per heavy atom. The summed E-state index contributed by atoms with van der Waals surface area (Å²) in [5, 5.41) is 12.1. The normalized spacial score (nSPS) is 16.1. The van der Waals surface area contributed by atoms with Gasteiger partial charge in [0.15, 0.2) is 6.61 Å². The molecule has 21 heavy (non-hydrogen) atoms. The van der Waals surface area contributed by atoms with E-state index in [-0.39, 0.29) is 6.61 Å². The molecule has 3 heteroatoms. The van der Waals surface area contributed by atoms with E-state index >= 15 is 0 Å². The van der Waals surface area contributed by atoms with Crippen LogP contribution in [0.3, 0.4) is 0 Å². The Morgan fingerprint density at radius 3 is 3.05 bits per heavy atom.